The van der Waals surface area contributed by atoms with Crippen molar-refractivity contribution in [2.75, 3.05) is 5.32 Å². The van der Waals surface area contributed by atoms with Gasteiger partial charge in [-0.1, -0.05) is 17.7 Å². The van der Waals surface area contributed by atoms with Gasteiger partial charge in [-0.2, -0.15) is 0 Å². The van der Waals surface area contributed by atoms with Gasteiger partial charge >= 0.3 is 5.69 Å². The van der Waals surface area contributed by atoms with E-state index < -0.39 is 16.9 Å². The molecule has 1 atom stereocenters. The number of carbonyl (C=O) groups is 2. The minimum atomic E-state index is -0.996. The van der Waals surface area contributed by atoms with E-state index in [1.54, 1.807) is 24.3 Å². The molecular weight excluding hydrogens is 336 g/mol. The van der Waals surface area contributed by atoms with Crippen LogP contribution in [-0.2, 0) is 4.79 Å². The molecule has 0 bridgehead atoms. The summed E-state index contributed by atoms with van der Waals surface area (Å²) in [6.07, 6.45) is -0.503. The van der Waals surface area contributed by atoms with Crippen LogP contribution in [0.5, 0.6) is 5.75 Å². The van der Waals surface area contributed by atoms with Crippen molar-refractivity contribution >= 4 is 35.2 Å². The maximum atomic E-state index is 12.1. The second-order valence-corrected chi connectivity index (χ2v) is 5.30. The van der Waals surface area contributed by atoms with Crippen molar-refractivity contribution in [2.24, 2.45) is 0 Å². The zero-order valence-electron chi connectivity index (χ0n) is 12.6. The number of rotatable bonds is 6. The molecule has 0 aliphatic carbocycles. The zero-order valence-corrected chi connectivity index (χ0v) is 13.3. The van der Waals surface area contributed by atoms with Gasteiger partial charge in [0.2, 0.25) is 0 Å². The van der Waals surface area contributed by atoms with Crippen molar-refractivity contribution < 1.29 is 19.2 Å². The Morgan fingerprint density at radius 1 is 1.33 bits per heavy atom. The first-order chi connectivity index (χ1) is 11.4. The number of anilines is 1. The molecule has 0 heterocycles. The molecule has 0 aliphatic rings. The monoisotopic (exact) mass is 348 g/mol. The first-order valence-corrected chi connectivity index (χ1v) is 7.25. The number of ether oxygens (including phenoxy) is 1. The number of hydrogen-bond acceptors (Lipinski definition) is 5. The van der Waals surface area contributed by atoms with Gasteiger partial charge in [0.1, 0.15) is 6.29 Å². The number of nitro benzene ring substituents is 1. The summed E-state index contributed by atoms with van der Waals surface area (Å²) in [7, 11) is 0. The van der Waals surface area contributed by atoms with Crippen LogP contribution in [0.2, 0.25) is 5.02 Å². The highest BCUT2D eigenvalue weighted by Gasteiger charge is 2.21. The Bertz CT molecular complexity index is 794. The number of hydrogen-bond donors (Lipinski definition) is 1. The van der Waals surface area contributed by atoms with E-state index in [9.17, 15) is 19.7 Å². The SMILES string of the molecule is C[C@H](Oc1ccc(C=O)cc1[N+](=O)[O-])C(=O)Nc1cccc(Cl)c1. The summed E-state index contributed by atoms with van der Waals surface area (Å²) in [5, 5.41) is 14.1. The lowest BCUT2D eigenvalue weighted by atomic mass is 10.2. The molecule has 7 nitrogen and oxygen atoms in total. The number of nitro groups is 1. The molecule has 24 heavy (non-hydrogen) atoms. The van der Waals surface area contributed by atoms with Gasteiger partial charge in [0, 0.05) is 22.3 Å². The molecule has 1 N–H and O–H groups in total. The third kappa shape index (κ3) is 4.30. The van der Waals surface area contributed by atoms with Gasteiger partial charge in [0.25, 0.3) is 5.91 Å². The lowest BCUT2D eigenvalue weighted by Crippen LogP contribution is -2.30. The summed E-state index contributed by atoms with van der Waals surface area (Å²) < 4.78 is 5.37. The van der Waals surface area contributed by atoms with Gasteiger partial charge in [-0.05, 0) is 37.3 Å². The Kier molecular flexibility index (Phi) is 5.49. The second-order valence-electron chi connectivity index (χ2n) is 4.86. The quantitative estimate of drug-likeness (QED) is 0.489. The van der Waals surface area contributed by atoms with Crippen LogP contribution in [-0.4, -0.2) is 23.2 Å². The smallest absolute Gasteiger partial charge is 0.311 e. The van der Waals surface area contributed by atoms with Gasteiger partial charge in [-0.3, -0.25) is 19.7 Å². The second kappa shape index (κ2) is 7.56. The summed E-state index contributed by atoms with van der Waals surface area (Å²) >= 11 is 5.84. The normalized spacial score (nSPS) is 11.4. The molecule has 0 radical (unpaired) electrons. The molecule has 0 saturated carbocycles. The van der Waals surface area contributed by atoms with Crippen molar-refractivity contribution in [3.63, 3.8) is 0 Å². The molecule has 0 spiro atoms. The van der Waals surface area contributed by atoms with Crippen LogP contribution in [0.4, 0.5) is 11.4 Å². The lowest BCUT2D eigenvalue weighted by molar-refractivity contribution is -0.386. The molecule has 0 unspecified atom stereocenters. The molecule has 0 saturated heterocycles. The third-order valence-corrected chi connectivity index (χ3v) is 3.32. The molecule has 8 heteroatoms. The lowest BCUT2D eigenvalue weighted by Gasteiger charge is -2.15. The highest BCUT2D eigenvalue weighted by atomic mass is 35.5. The van der Waals surface area contributed by atoms with E-state index in [2.05, 4.69) is 5.32 Å². The van der Waals surface area contributed by atoms with Crippen molar-refractivity contribution in [1.82, 2.24) is 0 Å². The van der Waals surface area contributed by atoms with Crippen LogP contribution in [0.15, 0.2) is 42.5 Å². The molecular formula is C16H13ClN2O5. The largest absolute Gasteiger partial charge is 0.474 e. The number of halogens is 1. The van der Waals surface area contributed by atoms with Gasteiger partial charge in [-0.15, -0.1) is 0 Å². The number of carbonyl (C=O) groups excluding carboxylic acids is 2. The molecule has 1 amide bonds. The van der Waals surface area contributed by atoms with Crippen molar-refractivity contribution in [2.45, 2.75) is 13.0 Å². The number of nitrogens with zero attached hydrogens (tertiary/aromatic N) is 1. The third-order valence-electron chi connectivity index (χ3n) is 3.08. The molecule has 0 aliphatic heterocycles. The van der Waals surface area contributed by atoms with Crippen LogP contribution < -0.4 is 10.1 Å². The highest BCUT2D eigenvalue weighted by molar-refractivity contribution is 6.30. The van der Waals surface area contributed by atoms with E-state index in [1.807, 2.05) is 0 Å². The average molecular weight is 349 g/mol. The number of benzene rings is 2. The predicted octanol–water partition coefficient (Wildman–Crippen LogP) is 3.47. The molecule has 0 aromatic heterocycles. The molecule has 124 valence electrons. The Morgan fingerprint density at radius 2 is 2.08 bits per heavy atom. The topological polar surface area (TPSA) is 98.5 Å². The fourth-order valence-electron chi connectivity index (χ4n) is 1.90. The van der Waals surface area contributed by atoms with E-state index in [4.69, 9.17) is 16.3 Å². The molecule has 2 rings (SSSR count). The van der Waals surface area contributed by atoms with E-state index in [-0.39, 0.29) is 17.0 Å². The van der Waals surface area contributed by atoms with E-state index >= 15 is 0 Å². The van der Waals surface area contributed by atoms with E-state index in [0.29, 0.717) is 17.0 Å². The van der Waals surface area contributed by atoms with E-state index in [0.717, 1.165) is 6.07 Å². The summed E-state index contributed by atoms with van der Waals surface area (Å²) in [6, 6.07) is 10.3. The van der Waals surface area contributed by atoms with Gasteiger partial charge in [-0.25, -0.2) is 0 Å². The summed E-state index contributed by atoms with van der Waals surface area (Å²) in [5.41, 5.74) is 0.237. The van der Waals surface area contributed by atoms with Crippen LogP contribution in [0.25, 0.3) is 0 Å². The van der Waals surface area contributed by atoms with Crippen molar-refractivity contribution in [3.8, 4) is 5.75 Å². The van der Waals surface area contributed by atoms with Crippen LogP contribution in [0, 0.1) is 10.1 Å². The van der Waals surface area contributed by atoms with Gasteiger partial charge in [0.15, 0.2) is 11.9 Å². The highest BCUT2D eigenvalue weighted by Crippen LogP contribution is 2.28. The maximum absolute atomic E-state index is 12.1. The van der Waals surface area contributed by atoms with Gasteiger partial charge < -0.3 is 10.1 Å². The Labute approximate surface area is 142 Å². The molecule has 0 fully saturated rings. The molecule has 2 aromatic rings. The van der Waals surface area contributed by atoms with E-state index in [1.165, 1.54) is 19.1 Å². The van der Waals surface area contributed by atoms with Gasteiger partial charge in [0.05, 0.1) is 4.92 Å². The van der Waals surface area contributed by atoms with Crippen LogP contribution >= 0.6 is 11.6 Å². The number of nitrogens with one attached hydrogen (secondary N) is 1. The van der Waals surface area contributed by atoms with Crippen molar-refractivity contribution in [1.29, 1.82) is 0 Å². The maximum Gasteiger partial charge on any atom is 0.311 e. The predicted molar refractivity (Wildman–Crippen MR) is 88.7 cm³/mol. The summed E-state index contributed by atoms with van der Waals surface area (Å²) in [4.78, 5) is 33.2. The minimum Gasteiger partial charge on any atom is -0.474 e. The van der Waals surface area contributed by atoms with Crippen molar-refractivity contribution in [3.05, 3.63) is 63.2 Å². The average Bonchev–Trinajstić information content (AvgIpc) is 2.54. The zero-order chi connectivity index (χ0) is 17.7. The Hall–Kier alpha value is -2.93. The standard InChI is InChI=1S/C16H13ClN2O5/c1-10(16(21)18-13-4-2-3-12(17)8-13)24-15-6-5-11(9-20)7-14(15)19(22)23/h2-10H,1H3,(H,18,21)/t10-/m0/s1. The summed E-state index contributed by atoms with van der Waals surface area (Å²) in [6.45, 7) is 1.46. The fraction of sp³-hybridized carbons (Fsp3) is 0.125. The molecule has 2 aromatic carbocycles. The number of amides is 1. The Morgan fingerprint density at radius 3 is 2.71 bits per heavy atom. The first-order valence-electron chi connectivity index (χ1n) is 6.87. The minimum absolute atomic E-state index is 0.0978. The first kappa shape index (κ1) is 17.4. The summed E-state index contributed by atoms with van der Waals surface area (Å²) in [5.74, 6) is -0.592. The fourth-order valence-corrected chi connectivity index (χ4v) is 2.09. The van der Waals surface area contributed by atoms with Crippen LogP contribution in [0.1, 0.15) is 17.3 Å². The van der Waals surface area contributed by atoms with Crippen LogP contribution in [0.3, 0.4) is 0 Å². The number of aldehydes is 1. The Balaban J connectivity index is 2.14.